The van der Waals surface area contributed by atoms with E-state index in [0.29, 0.717) is 37.2 Å². The minimum Gasteiger partial charge on any atom is -0.507 e. The van der Waals surface area contributed by atoms with Gasteiger partial charge in [-0.25, -0.2) is 0 Å². The average molecular weight is 627 g/mol. The Hall–Kier alpha value is -3.98. The summed E-state index contributed by atoms with van der Waals surface area (Å²) >= 11 is 0. The molecule has 0 aromatic heterocycles. The number of methoxy groups -OCH3 is 1. The molecule has 3 aliphatic rings. The zero-order chi connectivity index (χ0) is 32.5. The van der Waals surface area contributed by atoms with Crippen LogP contribution in [0.1, 0.15) is 63.1 Å². The van der Waals surface area contributed by atoms with Gasteiger partial charge >= 0.3 is 0 Å². The van der Waals surface area contributed by atoms with Crippen molar-refractivity contribution in [3.05, 3.63) is 75.6 Å². The van der Waals surface area contributed by atoms with Crippen LogP contribution in [0.4, 0.5) is 0 Å². The number of ether oxygens (including phenoxy) is 3. The van der Waals surface area contributed by atoms with Gasteiger partial charge in [0.2, 0.25) is 12.1 Å². The first-order valence-corrected chi connectivity index (χ1v) is 14.7. The number of rotatable bonds is 11. The maximum absolute atomic E-state index is 13.8. The summed E-state index contributed by atoms with van der Waals surface area (Å²) in [5.41, 5.74) is 4.62. The van der Waals surface area contributed by atoms with E-state index in [9.17, 15) is 35.1 Å². The second-order valence-corrected chi connectivity index (χ2v) is 11.4. The minimum atomic E-state index is -2.08. The number of phenolic OH excluding ortho intramolecular Hbond substituents is 1. The summed E-state index contributed by atoms with van der Waals surface area (Å²) in [6.45, 7) is -0.256. The second kappa shape index (κ2) is 13.2. The SMILES string of the molecule is COc1cc(O[C@@H]2O[C@H](CO)[C@](O)(CCC3=CCNC(N)=C3)[C@H](O)[C@H]2O)c2c(c1)C(=O)c1cc(CCCCO)cc(O)c1C2=O. The van der Waals surface area contributed by atoms with Crippen LogP contribution in [-0.2, 0) is 11.2 Å². The average Bonchev–Trinajstić information content (AvgIpc) is 3.02. The number of carbonyl (C=O) groups is 2. The van der Waals surface area contributed by atoms with E-state index in [2.05, 4.69) is 5.32 Å². The highest BCUT2D eigenvalue weighted by atomic mass is 16.7. The van der Waals surface area contributed by atoms with Gasteiger partial charge in [0.15, 0.2) is 5.78 Å². The van der Waals surface area contributed by atoms with Crippen molar-refractivity contribution >= 4 is 11.6 Å². The number of carbonyl (C=O) groups excluding carboxylic acids is 2. The van der Waals surface area contributed by atoms with Gasteiger partial charge < -0.3 is 55.9 Å². The minimum absolute atomic E-state index is 0.000876. The van der Waals surface area contributed by atoms with Crippen LogP contribution in [0.2, 0.25) is 0 Å². The summed E-state index contributed by atoms with van der Waals surface area (Å²) in [5, 5.41) is 66.6. The molecule has 0 spiro atoms. The highest BCUT2D eigenvalue weighted by molar-refractivity contribution is 6.30. The van der Waals surface area contributed by atoms with Crippen LogP contribution in [0.3, 0.4) is 0 Å². The molecule has 2 heterocycles. The molecular formula is C32H38N2O11. The zero-order valence-corrected chi connectivity index (χ0v) is 24.7. The van der Waals surface area contributed by atoms with Gasteiger partial charge in [-0.05, 0) is 67.5 Å². The molecule has 5 rings (SSSR count). The lowest BCUT2D eigenvalue weighted by Crippen LogP contribution is -2.67. The molecule has 1 saturated heterocycles. The van der Waals surface area contributed by atoms with Gasteiger partial charge in [0, 0.05) is 30.3 Å². The van der Waals surface area contributed by atoms with Crippen molar-refractivity contribution in [2.45, 2.75) is 62.3 Å². The predicted molar refractivity (Wildman–Crippen MR) is 159 cm³/mol. The Balaban J connectivity index is 1.44. The van der Waals surface area contributed by atoms with E-state index >= 15 is 0 Å². The van der Waals surface area contributed by atoms with E-state index in [-0.39, 0.29) is 53.2 Å². The van der Waals surface area contributed by atoms with Crippen LogP contribution in [-0.4, -0.2) is 99.3 Å². The topological polar surface area (TPSA) is 221 Å². The lowest BCUT2D eigenvalue weighted by Gasteiger charge is -2.48. The molecule has 1 aliphatic carbocycles. The van der Waals surface area contributed by atoms with Crippen LogP contribution in [0.5, 0.6) is 17.2 Å². The number of unbranched alkanes of at least 4 members (excludes halogenated alkanes) is 1. The number of aryl methyl sites for hydroxylation is 1. The van der Waals surface area contributed by atoms with Crippen molar-refractivity contribution in [3.8, 4) is 17.2 Å². The highest BCUT2D eigenvalue weighted by Gasteiger charge is 2.55. The molecule has 242 valence electrons. The number of nitrogens with two attached hydrogens (primary N) is 1. The van der Waals surface area contributed by atoms with Crippen molar-refractivity contribution in [2.75, 3.05) is 26.9 Å². The maximum Gasteiger partial charge on any atom is 0.229 e. The van der Waals surface area contributed by atoms with Crippen molar-refractivity contribution < 1.29 is 54.4 Å². The number of dihydropyridines is 1. The Morgan fingerprint density at radius 3 is 2.49 bits per heavy atom. The second-order valence-electron chi connectivity index (χ2n) is 11.4. The Morgan fingerprint density at radius 2 is 1.80 bits per heavy atom. The van der Waals surface area contributed by atoms with Crippen molar-refractivity contribution in [2.24, 2.45) is 5.73 Å². The number of benzene rings is 2. The molecule has 0 bridgehead atoms. The monoisotopic (exact) mass is 626 g/mol. The van der Waals surface area contributed by atoms with Crippen LogP contribution < -0.4 is 20.5 Å². The van der Waals surface area contributed by atoms with E-state index in [1.807, 2.05) is 6.08 Å². The molecule has 9 N–H and O–H groups in total. The summed E-state index contributed by atoms with van der Waals surface area (Å²) < 4.78 is 17.0. The number of hydrogen-bond donors (Lipinski definition) is 8. The van der Waals surface area contributed by atoms with E-state index in [4.69, 9.17) is 25.1 Å². The normalized spacial score (nSPS) is 25.9. The third kappa shape index (κ3) is 6.15. The number of allylic oxidation sites excluding steroid dienone is 2. The van der Waals surface area contributed by atoms with Crippen molar-refractivity contribution in [1.29, 1.82) is 0 Å². The number of phenols is 1. The lowest BCUT2D eigenvalue weighted by atomic mass is 9.79. The Kier molecular flexibility index (Phi) is 9.49. The predicted octanol–water partition coefficient (Wildman–Crippen LogP) is 0.150. The van der Waals surface area contributed by atoms with E-state index < -0.39 is 54.1 Å². The first-order valence-electron chi connectivity index (χ1n) is 14.7. The molecule has 13 nitrogen and oxygen atoms in total. The number of aliphatic hydroxyl groups is 5. The molecule has 2 aliphatic heterocycles. The highest BCUT2D eigenvalue weighted by Crippen LogP contribution is 2.42. The standard InChI is InChI=1S/C32H38N2O11/c1-43-18-13-20-26(28(39)25-19(27(20)38)10-17(11-21(25)37)4-2-3-9-35)22(14-18)44-31-29(40)30(41)32(42,23(15-36)45-31)7-5-16-6-8-34-24(33)12-16/h6,10-14,23,29-31,34-37,40-42H,2-5,7-9,15,33H2,1H3/t23-,29-,30-,31-,32-/m1/s1. The Morgan fingerprint density at radius 1 is 1.04 bits per heavy atom. The van der Waals surface area contributed by atoms with Crippen molar-refractivity contribution in [1.82, 2.24) is 5.32 Å². The smallest absolute Gasteiger partial charge is 0.229 e. The van der Waals surface area contributed by atoms with Crippen LogP contribution in [0, 0.1) is 0 Å². The summed E-state index contributed by atoms with van der Waals surface area (Å²) in [4.78, 5) is 27.5. The van der Waals surface area contributed by atoms with Gasteiger partial charge in [-0.3, -0.25) is 9.59 Å². The van der Waals surface area contributed by atoms with Gasteiger partial charge in [-0.15, -0.1) is 0 Å². The fourth-order valence-electron chi connectivity index (χ4n) is 6.03. The quantitative estimate of drug-likeness (QED) is 0.133. The molecule has 2 aromatic rings. The van der Waals surface area contributed by atoms with E-state index in [1.54, 1.807) is 6.08 Å². The fourth-order valence-corrected chi connectivity index (χ4v) is 6.03. The number of aromatic hydroxyl groups is 1. The Labute approximate surface area is 259 Å². The van der Waals surface area contributed by atoms with Crippen LogP contribution >= 0.6 is 0 Å². The molecule has 0 unspecified atom stereocenters. The number of ketones is 2. The number of nitrogens with one attached hydrogen (secondary N) is 1. The third-order valence-corrected chi connectivity index (χ3v) is 8.51. The lowest BCUT2D eigenvalue weighted by molar-refractivity contribution is -0.314. The van der Waals surface area contributed by atoms with Gasteiger partial charge in [0.1, 0.15) is 41.2 Å². The number of aliphatic hydroxyl groups excluding tert-OH is 4. The Bertz CT molecular complexity index is 1530. The molecule has 0 radical (unpaired) electrons. The molecule has 5 atom stereocenters. The molecule has 45 heavy (non-hydrogen) atoms. The number of hydrogen-bond acceptors (Lipinski definition) is 13. The molecule has 0 amide bonds. The summed E-state index contributed by atoms with van der Waals surface area (Å²) in [6, 6.07) is 5.60. The summed E-state index contributed by atoms with van der Waals surface area (Å²) in [7, 11) is 1.35. The van der Waals surface area contributed by atoms with Gasteiger partial charge in [0.05, 0.1) is 30.7 Å². The van der Waals surface area contributed by atoms with Crippen LogP contribution in [0.15, 0.2) is 47.8 Å². The van der Waals surface area contributed by atoms with Gasteiger partial charge in [-0.1, -0.05) is 6.08 Å². The maximum atomic E-state index is 13.8. The molecular weight excluding hydrogens is 588 g/mol. The summed E-state index contributed by atoms with van der Waals surface area (Å²) in [5.74, 6) is -1.35. The molecule has 1 fully saturated rings. The van der Waals surface area contributed by atoms with E-state index in [1.165, 1.54) is 31.4 Å². The fraction of sp³-hybridized carbons (Fsp3) is 0.438. The first-order chi connectivity index (χ1) is 21.5. The largest absolute Gasteiger partial charge is 0.507 e. The van der Waals surface area contributed by atoms with Gasteiger partial charge in [0.25, 0.3) is 0 Å². The summed E-state index contributed by atoms with van der Waals surface area (Å²) in [6.07, 6.45) is -1.49. The zero-order valence-electron chi connectivity index (χ0n) is 24.7. The van der Waals surface area contributed by atoms with E-state index in [0.717, 1.165) is 5.57 Å². The molecule has 0 saturated carbocycles. The third-order valence-electron chi connectivity index (χ3n) is 8.51. The van der Waals surface area contributed by atoms with Crippen molar-refractivity contribution in [3.63, 3.8) is 0 Å². The van der Waals surface area contributed by atoms with Crippen LogP contribution in [0.25, 0.3) is 0 Å². The molecule has 13 heteroatoms. The molecule has 2 aromatic carbocycles. The number of fused-ring (bicyclic) bond motifs is 2. The van der Waals surface area contributed by atoms with Gasteiger partial charge in [-0.2, -0.15) is 0 Å². The first kappa shape index (κ1) is 32.4.